The highest BCUT2D eigenvalue weighted by molar-refractivity contribution is 4.75. The minimum Gasteiger partial charge on any atom is -0.379 e. The molecule has 1 aliphatic heterocycles. The number of unbranched alkanes of at least 4 members (excludes halogenated alkanes) is 2. The van der Waals surface area contributed by atoms with E-state index in [9.17, 15) is 0 Å². The normalized spacial score (nSPS) is 23.2. The highest BCUT2D eigenvalue weighted by atomic mass is 16.6. The first-order valence-electron chi connectivity index (χ1n) is 7.41. The minimum atomic E-state index is 0.0983. The zero-order valence-corrected chi connectivity index (χ0v) is 12.0. The van der Waals surface area contributed by atoms with E-state index in [-0.39, 0.29) is 12.2 Å². The average Bonchev–Trinajstić information content (AvgIpc) is 2.45. The molecular weight excluding hydrogens is 240 g/mol. The fraction of sp³-hybridized carbons (Fsp3) is 0.750. The van der Waals surface area contributed by atoms with Crippen LogP contribution in [-0.4, -0.2) is 38.6 Å². The molecule has 0 aliphatic carbocycles. The zero-order chi connectivity index (χ0) is 13.8. The van der Waals surface area contributed by atoms with Gasteiger partial charge in [0.15, 0.2) is 0 Å². The number of allylic oxidation sites excluding steroid dienone is 2. The molecule has 0 amide bonds. The van der Waals surface area contributed by atoms with E-state index in [1.165, 1.54) is 0 Å². The molecule has 1 rings (SSSR count). The van der Waals surface area contributed by atoms with Gasteiger partial charge >= 0.3 is 0 Å². The van der Waals surface area contributed by atoms with Crippen LogP contribution in [-0.2, 0) is 14.2 Å². The Morgan fingerprint density at radius 1 is 1.11 bits per heavy atom. The molecule has 0 saturated carbocycles. The molecular formula is C16H28O3. The summed E-state index contributed by atoms with van der Waals surface area (Å²) in [5, 5.41) is 0. The van der Waals surface area contributed by atoms with Gasteiger partial charge in [0.05, 0.1) is 12.7 Å². The second-order valence-electron chi connectivity index (χ2n) is 4.90. The molecule has 0 radical (unpaired) electrons. The third-order valence-corrected chi connectivity index (χ3v) is 3.24. The molecule has 0 N–H and O–H groups in total. The van der Waals surface area contributed by atoms with Gasteiger partial charge in [-0.15, -0.1) is 13.2 Å². The van der Waals surface area contributed by atoms with Gasteiger partial charge in [0, 0.05) is 19.8 Å². The second kappa shape index (κ2) is 11.2. The predicted octanol–water partition coefficient (Wildman–Crippen LogP) is 3.50. The summed E-state index contributed by atoms with van der Waals surface area (Å²) in [6, 6.07) is 0. The SMILES string of the molecule is C=CCCCOC[C@H]1OCCC[C@@H]1OCCCC=C. The fourth-order valence-corrected chi connectivity index (χ4v) is 2.15. The molecule has 1 fully saturated rings. The molecule has 0 unspecified atom stereocenters. The highest BCUT2D eigenvalue weighted by Crippen LogP contribution is 2.18. The van der Waals surface area contributed by atoms with Crippen LogP contribution >= 0.6 is 0 Å². The van der Waals surface area contributed by atoms with Gasteiger partial charge in [-0.2, -0.15) is 0 Å². The first-order chi connectivity index (χ1) is 9.38. The van der Waals surface area contributed by atoms with E-state index < -0.39 is 0 Å². The molecule has 1 heterocycles. The maximum atomic E-state index is 5.91. The van der Waals surface area contributed by atoms with Crippen LogP contribution < -0.4 is 0 Å². The van der Waals surface area contributed by atoms with Crippen molar-refractivity contribution in [2.24, 2.45) is 0 Å². The molecule has 0 bridgehead atoms. The minimum absolute atomic E-state index is 0.0983. The quantitative estimate of drug-likeness (QED) is 0.424. The third-order valence-electron chi connectivity index (χ3n) is 3.24. The first kappa shape index (κ1) is 16.4. The zero-order valence-electron chi connectivity index (χ0n) is 12.0. The lowest BCUT2D eigenvalue weighted by molar-refractivity contribution is -0.131. The fourth-order valence-electron chi connectivity index (χ4n) is 2.15. The van der Waals surface area contributed by atoms with Crippen LogP contribution in [0.15, 0.2) is 25.3 Å². The summed E-state index contributed by atoms with van der Waals surface area (Å²) < 4.78 is 17.3. The summed E-state index contributed by atoms with van der Waals surface area (Å²) in [6.07, 6.45) is 10.4. The summed E-state index contributed by atoms with van der Waals surface area (Å²) in [5.41, 5.74) is 0. The molecule has 3 nitrogen and oxygen atoms in total. The van der Waals surface area contributed by atoms with Crippen molar-refractivity contribution in [2.75, 3.05) is 26.4 Å². The number of rotatable bonds is 11. The van der Waals surface area contributed by atoms with Crippen molar-refractivity contribution in [3.8, 4) is 0 Å². The lowest BCUT2D eigenvalue weighted by Crippen LogP contribution is -2.39. The summed E-state index contributed by atoms with van der Waals surface area (Å²) in [5.74, 6) is 0. The molecule has 0 aromatic carbocycles. The lowest BCUT2D eigenvalue weighted by Gasteiger charge is -2.31. The number of hydrogen-bond donors (Lipinski definition) is 0. The van der Waals surface area contributed by atoms with Gasteiger partial charge in [-0.1, -0.05) is 12.2 Å². The maximum Gasteiger partial charge on any atom is 0.107 e. The van der Waals surface area contributed by atoms with Crippen molar-refractivity contribution in [3.05, 3.63) is 25.3 Å². The van der Waals surface area contributed by atoms with Gasteiger partial charge in [-0.05, 0) is 38.5 Å². The Morgan fingerprint density at radius 3 is 2.58 bits per heavy atom. The Balaban J connectivity index is 2.15. The summed E-state index contributed by atoms with van der Waals surface area (Å²) in [4.78, 5) is 0. The Hall–Kier alpha value is -0.640. The van der Waals surface area contributed by atoms with Crippen LogP contribution in [0.1, 0.15) is 38.5 Å². The predicted molar refractivity (Wildman–Crippen MR) is 78.4 cm³/mol. The van der Waals surface area contributed by atoms with E-state index >= 15 is 0 Å². The van der Waals surface area contributed by atoms with Crippen LogP contribution in [0.4, 0.5) is 0 Å². The molecule has 0 aromatic rings. The van der Waals surface area contributed by atoms with Gasteiger partial charge in [-0.25, -0.2) is 0 Å². The Kier molecular flexibility index (Phi) is 9.68. The van der Waals surface area contributed by atoms with E-state index in [4.69, 9.17) is 14.2 Å². The average molecular weight is 268 g/mol. The van der Waals surface area contributed by atoms with E-state index in [0.29, 0.717) is 6.61 Å². The van der Waals surface area contributed by atoms with Gasteiger partial charge in [0.2, 0.25) is 0 Å². The van der Waals surface area contributed by atoms with Gasteiger partial charge < -0.3 is 14.2 Å². The second-order valence-corrected chi connectivity index (χ2v) is 4.90. The van der Waals surface area contributed by atoms with Crippen molar-refractivity contribution >= 4 is 0 Å². The molecule has 110 valence electrons. The van der Waals surface area contributed by atoms with E-state index in [0.717, 1.165) is 58.3 Å². The van der Waals surface area contributed by atoms with Crippen molar-refractivity contribution in [1.29, 1.82) is 0 Å². The van der Waals surface area contributed by atoms with Crippen LogP contribution in [0.5, 0.6) is 0 Å². The summed E-state index contributed by atoms with van der Waals surface area (Å²) in [6.45, 7) is 10.4. The van der Waals surface area contributed by atoms with Gasteiger partial charge in [0.25, 0.3) is 0 Å². The molecule has 0 spiro atoms. The molecule has 1 aliphatic rings. The molecule has 19 heavy (non-hydrogen) atoms. The largest absolute Gasteiger partial charge is 0.379 e. The summed E-state index contributed by atoms with van der Waals surface area (Å²) in [7, 11) is 0. The number of hydrogen-bond acceptors (Lipinski definition) is 3. The Bertz CT molecular complexity index is 240. The number of ether oxygens (including phenoxy) is 3. The van der Waals surface area contributed by atoms with E-state index in [1.807, 2.05) is 12.2 Å². The molecule has 1 saturated heterocycles. The Morgan fingerprint density at radius 2 is 1.84 bits per heavy atom. The molecule has 3 heteroatoms. The monoisotopic (exact) mass is 268 g/mol. The standard InChI is InChI=1S/C16H28O3/c1-3-5-7-11-17-14-16-15(10-9-13-19-16)18-12-8-6-4-2/h3-4,15-16H,1-2,5-14H2/t15-,16+/m0/s1. The smallest absolute Gasteiger partial charge is 0.107 e. The highest BCUT2D eigenvalue weighted by Gasteiger charge is 2.26. The van der Waals surface area contributed by atoms with Crippen LogP contribution in [0, 0.1) is 0 Å². The maximum absolute atomic E-state index is 5.91. The molecule has 0 aromatic heterocycles. The van der Waals surface area contributed by atoms with E-state index in [2.05, 4.69) is 13.2 Å². The van der Waals surface area contributed by atoms with Crippen molar-refractivity contribution < 1.29 is 14.2 Å². The van der Waals surface area contributed by atoms with Crippen LogP contribution in [0.3, 0.4) is 0 Å². The van der Waals surface area contributed by atoms with Crippen molar-refractivity contribution in [3.63, 3.8) is 0 Å². The van der Waals surface area contributed by atoms with Crippen molar-refractivity contribution in [1.82, 2.24) is 0 Å². The van der Waals surface area contributed by atoms with Crippen LogP contribution in [0.2, 0.25) is 0 Å². The topological polar surface area (TPSA) is 27.7 Å². The lowest BCUT2D eigenvalue weighted by atomic mass is 10.1. The van der Waals surface area contributed by atoms with Crippen molar-refractivity contribution in [2.45, 2.75) is 50.7 Å². The molecule has 2 atom stereocenters. The summed E-state index contributed by atoms with van der Waals surface area (Å²) >= 11 is 0. The first-order valence-corrected chi connectivity index (χ1v) is 7.41. The van der Waals surface area contributed by atoms with Gasteiger partial charge in [-0.3, -0.25) is 0 Å². The Labute approximate surface area is 117 Å². The van der Waals surface area contributed by atoms with E-state index in [1.54, 1.807) is 0 Å². The van der Waals surface area contributed by atoms with Crippen LogP contribution in [0.25, 0.3) is 0 Å². The third kappa shape index (κ3) is 7.51. The van der Waals surface area contributed by atoms with Gasteiger partial charge in [0.1, 0.15) is 6.10 Å².